The molecule has 0 saturated heterocycles. The van der Waals surface area contributed by atoms with Crippen LogP contribution in [0.2, 0.25) is 0 Å². The SMILES string of the molecule is CCCCn1c(=O)[nH]c(=O)c2c1nc(COC(=O)c1occc1C)n2CC. The number of hydrogen-bond donors (Lipinski definition) is 1. The second-order valence-electron chi connectivity index (χ2n) is 6.22. The Hall–Kier alpha value is -3.10. The molecule has 0 radical (unpaired) electrons. The molecule has 3 rings (SSSR count). The van der Waals surface area contributed by atoms with E-state index in [0.29, 0.717) is 35.6 Å². The van der Waals surface area contributed by atoms with Gasteiger partial charge in [0, 0.05) is 18.7 Å². The standard InChI is InChI=1S/C18H22N4O5/c1-4-6-8-22-15-13(16(23)20-18(22)25)21(5-2)12(19-15)10-27-17(24)14-11(3)7-9-26-14/h7,9H,4-6,8,10H2,1-3H3,(H,20,23,25). The van der Waals surface area contributed by atoms with Gasteiger partial charge in [-0.15, -0.1) is 0 Å². The van der Waals surface area contributed by atoms with Gasteiger partial charge in [0.25, 0.3) is 5.56 Å². The molecule has 0 aliphatic rings. The number of rotatable bonds is 7. The molecule has 9 nitrogen and oxygen atoms in total. The van der Waals surface area contributed by atoms with E-state index in [9.17, 15) is 14.4 Å². The first-order valence-corrected chi connectivity index (χ1v) is 8.91. The Balaban J connectivity index is 1.99. The number of nitrogens with one attached hydrogen (secondary N) is 1. The van der Waals surface area contributed by atoms with Gasteiger partial charge in [-0.2, -0.15) is 0 Å². The van der Waals surface area contributed by atoms with E-state index >= 15 is 0 Å². The summed E-state index contributed by atoms with van der Waals surface area (Å²) in [5.74, 6) is -0.0808. The summed E-state index contributed by atoms with van der Waals surface area (Å²) < 4.78 is 13.5. The van der Waals surface area contributed by atoms with Crippen molar-refractivity contribution in [2.24, 2.45) is 0 Å². The van der Waals surface area contributed by atoms with Crippen molar-refractivity contribution in [2.45, 2.75) is 53.3 Å². The number of esters is 1. The first-order chi connectivity index (χ1) is 13.0. The van der Waals surface area contributed by atoms with Crippen LogP contribution in [0.5, 0.6) is 0 Å². The zero-order chi connectivity index (χ0) is 19.6. The summed E-state index contributed by atoms with van der Waals surface area (Å²) in [6.45, 7) is 6.37. The van der Waals surface area contributed by atoms with Gasteiger partial charge < -0.3 is 13.7 Å². The van der Waals surface area contributed by atoms with Gasteiger partial charge in [-0.05, 0) is 26.3 Å². The fraction of sp³-hybridized carbons (Fsp3) is 0.444. The van der Waals surface area contributed by atoms with Crippen LogP contribution in [-0.2, 0) is 24.4 Å². The average Bonchev–Trinajstić information content (AvgIpc) is 3.23. The molecule has 3 heterocycles. The molecule has 0 aliphatic carbocycles. The normalized spacial score (nSPS) is 11.2. The minimum atomic E-state index is -0.607. The van der Waals surface area contributed by atoms with Crippen molar-refractivity contribution < 1.29 is 13.9 Å². The number of H-pyrrole nitrogens is 1. The van der Waals surface area contributed by atoms with Crippen LogP contribution in [0, 0.1) is 6.92 Å². The highest BCUT2D eigenvalue weighted by atomic mass is 16.5. The first kappa shape index (κ1) is 18.7. The van der Waals surface area contributed by atoms with Crippen LogP contribution in [0.25, 0.3) is 11.2 Å². The van der Waals surface area contributed by atoms with Gasteiger partial charge in [0.05, 0.1) is 6.26 Å². The number of aryl methyl sites for hydroxylation is 3. The van der Waals surface area contributed by atoms with Crippen LogP contribution in [0.4, 0.5) is 0 Å². The van der Waals surface area contributed by atoms with Gasteiger partial charge >= 0.3 is 11.7 Å². The number of aromatic amines is 1. The highest BCUT2D eigenvalue weighted by Crippen LogP contribution is 2.15. The molecule has 144 valence electrons. The fourth-order valence-electron chi connectivity index (χ4n) is 2.97. The zero-order valence-corrected chi connectivity index (χ0v) is 15.6. The molecule has 0 fully saturated rings. The summed E-state index contributed by atoms with van der Waals surface area (Å²) in [6, 6.07) is 1.67. The largest absolute Gasteiger partial charge is 0.457 e. The molecular formula is C18H22N4O5. The second-order valence-corrected chi connectivity index (χ2v) is 6.22. The number of nitrogens with zero attached hydrogens (tertiary/aromatic N) is 3. The predicted octanol–water partition coefficient (Wildman–Crippen LogP) is 1.96. The molecule has 0 bridgehead atoms. The summed E-state index contributed by atoms with van der Waals surface area (Å²) in [5.41, 5.74) is 0.287. The Morgan fingerprint density at radius 1 is 1.30 bits per heavy atom. The molecule has 27 heavy (non-hydrogen) atoms. The quantitative estimate of drug-likeness (QED) is 0.633. The number of aromatic nitrogens is 4. The molecule has 9 heteroatoms. The number of furan rings is 1. The Bertz CT molecular complexity index is 1090. The third-order valence-corrected chi connectivity index (χ3v) is 4.40. The Morgan fingerprint density at radius 3 is 2.70 bits per heavy atom. The summed E-state index contributed by atoms with van der Waals surface area (Å²) in [5, 5.41) is 0. The van der Waals surface area contributed by atoms with E-state index in [1.165, 1.54) is 10.8 Å². The highest BCUT2D eigenvalue weighted by molar-refractivity contribution is 5.87. The molecule has 1 N–H and O–H groups in total. The average molecular weight is 374 g/mol. The molecule has 0 atom stereocenters. The number of carbonyl (C=O) groups is 1. The van der Waals surface area contributed by atoms with E-state index in [0.717, 1.165) is 12.8 Å². The smallest absolute Gasteiger partial charge is 0.374 e. The third-order valence-electron chi connectivity index (χ3n) is 4.40. The van der Waals surface area contributed by atoms with Crippen LogP contribution in [0.15, 0.2) is 26.3 Å². The molecule has 0 aliphatic heterocycles. The van der Waals surface area contributed by atoms with Gasteiger partial charge in [-0.3, -0.25) is 14.3 Å². The monoisotopic (exact) mass is 374 g/mol. The molecule has 0 aromatic carbocycles. The Labute approximate surface area is 154 Å². The number of ether oxygens (including phenoxy) is 1. The Morgan fingerprint density at radius 2 is 2.07 bits per heavy atom. The van der Waals surface area contributed by atoms with E-state index in [4.69, 9.17) is 9.15 Å². The van der Waals surface area contributed by atoms with Gasteiger partial charge in [-0.25, -0.2) is 14.6 Å². The predicted molar refractivity (Wildman–Crippen MR) is 97.8 cm³/mol. The van der Waals surface area contributed by atoms with Crippen molar-refractivity contribution in [1.29, 1.82) is 0 Å². The summed E-state index contributed by atoms with van der Waals surface area (Å²) in [4.78, 5) is 43.5. The molecule has 3 aromatic rings. The van der Waals surface area contributed by atoms with Crippen molar-refractivity contribution in [3.8, 4) is 0 Å². The van der Waals surface area contributed by atoms with Crippen molar-refractivity contribution in [3.05, 3.63) is 50.3 Å². The van der Waals surface area contributed by atoms with Crippen molar-refractivity contribution >= 4 is 17.1 Å². The number of hydrogen-bond acceptors (Lipinski definition) is 6. The zero-order valence-electron chi connectivity index (χ0n) is 15.6. The minimum Gasteiger partial charge on any atom is -0.457 e. The third kappa shape index (κ3) is 3.44. The van der Waals surface area contributed by atoms with E-state index < -0.39 is 17.2 Å². The highest BCUT2D eigenvalue weighted by Gasteiger charge is 2.20. The van der Waals surface area contributed by atoms with Crippen LogP contribution in [0.3, 0.4) is 0 Å². The molecular weight excluding hydrogens is 352 g/mol. The molecule has 0 spiro atoms. The lowest BCUT2D eigenvalue weighted by atomic mass is 10.3. The van der Waals surface area contributed by atoms with Gasteiger partial charge in [-0.1, -0.05) is 13.3 Å². The summed E-state index contributed by atoms with van der Waals surface area (Å²) in [6.07, 6.45) is 3.09. The van der Waals surface area contributed by atoms with Crippen LogP contribution in [-0.4, -0.2) is 25.1 Å². The van der Waals surface area contributed by atoms with E-state index in [-0.39, 0.29) is 12.4 Å². The number of unbranched alkanes of at least 4 members (excludes halogenated alkanes) is 1. The van der Waals surface area contributed by atoms with E-state index in [1.54, 1.807) is 17.6 Å². The van der Waals surface area contributed by atoms with Crippen molar-refractivity contribution in [3.63, 3.8) is 0 Å². The lowest BCUT2D eigenvalue weighted by molar-refractivity contribution is 0.0421. The summed E-state index contributed by atoms with van der Waals surface area (Å²) in [7, 11) is 0. The summed E-state index contributed by atoms with van der Waals surface area (Å²) >= 11 is 0. The van der Waals surface area contributed by atoms with Gasteiger partial charge in [0.1, 0.15) is 12.4 Å². The second kappa shape index (κ2) is 7.65. The van der Waals surface area contributed by atoms with Gasteiger partial charge in [0.2, 0.25) is 5.76 Å². The minimum absolute atomic E-state index is 0.131. The lowest BCUT2D eigenvalue weighted by Gasteiger charge is -2.07. The van der Waals surface area contributed by atoms with E-state index in [2.05, 4.69) is 9.97 Å². The first-order valence-electron chi connectivity index (χ1n) is 8.91. The maximum absolute atomic E-state index is 12.3. The van der Waals surface area contributed by atoms with Crippen molar-refractivity contribution in [2.75, 3.05) is 0 Å². The van der Waals surface area contributed by atoms with Crippen LogP contribution < -0.4 is 11.2 Å². The number of carbonyl (C=O) groups excluding carboxylic acids is 1. The van der Waals surface area contributed by atoms with Gasteiger partial charge in [0.15, 0.2) is 11.2 Å². The van der Waals surface area contributed by atoms with Crippen molar-refractivity contribution in [1.82, 2.24) is 19.1 Å². The maximum Gasteiger partial charge on any atom is 0.374 e. The lowest BCUT2D eigenvalue weighted by Crippen LogP contribution is -2.31. The molecule has 3 aromatic heterocycles. The molecule has 0 amide bonds. The molecule has 0 saturated carbocycles. The van der Waals surface area contributed by atoms with Crippen LogP contribution in [0.1, 0.15) is 48.6 Å². The van der Waals surface area contributed by atoms with Crippen LogP contribution >= 0.6 is 0 Å². The molecule has 0 unspecified atom stereocenters. The number of imidazole rings is 1. The fourth-order valence-corrected chi connectivity index (χ4v) is 2.97. The number of fused-ring (bicyclic) bond motifs is 1. The Kier molecular flexibility index (Phi) is 5.29. The maximum atomic E-state index is 12.3. The topological polar surface area (TPSA) is 112 Å². The van der Waals surface area contributed by atoms with E-state index in [1.807, 2.05) is 13.8 Å².